The summed E-state index contributed by atoms with van der Waals surface area (Å²) in [6.45, 7) is 2.61. The second-order valence-corrected chi connectivity index (χ2v) is 3.91. The Balaban J connectivity index is 1.99. The van der Waals surface area contributed by atoms with Crippen LogP contribution in [0.1, 0.15) is 32.1 Å². The highest BCUT2D eigenvalue weighted by atomic mass is 15.2. The summed E-state index contributed by atoms with van der Waals surface area (Å²) in [5.74, 6) is 0. The van der Waals surface area contributed by atoms with Crippen LogP contribution in [0.4, 0.5) is 0 Å². The number of nitrogens with two attached hydrogens (primary N) is 1. The molecule has 0 aromatic carbocycles. The van der Waals surface area contributed by atoms with E-state index < -0.39 is 0 Å². The SMILES string of the molecule is N[C@H]1CCCN2CCCC[C@@H]12. The van der Waals surface area contributed by atoms with Gasteiger partial charge in [-0.1, -0.05) is 6.42 Å². The molecule has 2 N–H and O–H groups in total. The summed E-state index contributed by atoms with van der Waals surface area (Å²) in [7, 11) is 0. The molecule has 0 unspecified atom stereocenters. The van der Waals surface area contributed by atoms with Crippen LogP contribution in [-0.2, 0) is 0 Å². The minimum absolute atomic E-state index is 0.476. The van der Waals surface area contributed by atoms with E-state index in [4.69, 9.17) is 5.73 Å². The molecule has 0 aromatic rings. The lowest BCUT2D eigenvalue weighted by molar-refractivity contribution is 0.0914. The lowest BCUT2D eigenvalue weighted by atomic mass is 9.89. The van der Waals surface area contributed by atoms with Gasteiger partial charge >= 0.3 is 0 Å². The van der Waals surface area contributed by atoms with Crippen molar-refractivity contribution < 1.29 is 0 Å². The molecule has 0 amide bonds. The van der Waals surface area contributed by atoms with Crippen molar-refractivity contribution >= 4 is 0 Å². The van der Waals surface area contributed by atoms with Gasteiger partial charge in [0.15, 0.2) is 0 Å². The number of fused-ring (bicyclic) bond motifs is 1. The van der Waals surface area contributed by atoms with Gasteiger partial charge in [0.05, 0.1) is 0 Å². The summed E-state index contributed by atoms with van der Waals surface area (Å²) in [6.07, 6.45) is 6.71. The predicted molar refractivity (Wildman–Crippen MR) is 46.4 cm³/mol. The fourth-order valence-electron chi connectivity index (χ4n) is 2.50. The molecule has 2 atom stereocenters. The standard InChI is InChI=1S/C9H18N2/c10-8-4-3-7-11-6-2-1-5-9(8)11/h8-9H,1-7,10H2/t8-,9-/m0/s1. The number of nitrogens with zero attached hydrogens (tertiary/aromatic N) is 1. The van der Waals surface area contributed by atoms with Crippen molar-refractivity contribution in [3.63, 3.8) is 0 Å². The van der Waals surface area contributed by atoms with Crippen LogP contribution >= 0.6 is 0 Å². The van der Waals surface area contributed by atoms with Gasteiger partial charge < -0.3 is 5.73 Å². The number of piperidine rings is 2. The molecule has 2 heterocycles. The van der Waals surface area contributed by atoms with E-state index in [9.17, 15) is 0 Å². The average molecular weight is 154 g/mol. The Morgan fingerprint density at radius 3 is 2.64 bits per heavy atom. The quantitative estimate of drug-likeness (QED) is 0.563. The van der Waals surface area contributed by atoms with Gasteiger partial charge in [0, 0.05) is 12.1 Å². The fourth-order valence-corrected chi connectivity index (χ4v) is 2.50. The van der Waals surface area contributed by atoms with Crippen molar-refractivity contribution in [3.05, 3.63) is 0 Å². The minimum atomic E-state index is 0.476. The molecule has 0 saturated carbocycles. The van der Waals surface area contributed by atoms with Crippen LogP contribution in [-0.4, -0.2) is 30.1 Å². The van der Waals surface area contributed by atoms with Gasteiger partial charge in [-0.25, -0.2) is 0 Å². The zero-order valence-electron chi connectivity index (χ0n) is 7.13. The summed E-state index contributed by atoms with van der Waals surface area (Å²) in [5, 5.41) is 0. The first-order valence-corrected chi connectivity index (χ1v) is 4.87. The van der Waals surface area contributed by atoms with Gasteiger partial charge in [-0.3, -0.25) is 4.90 Å². The molecular weight excluding hydrogens is 136 g/mol. The second-order valence-electron chi connectivity index (χ2n) is 3.91. The first kappa shape index (κ1) is 7.56. The first-order chi connectivity index (χ1) is 5.38. The third kappa shape index (κ3) is 1.42. The monoisotopic (exact) mass is 154 g/mol. The Labute approximate surface area is 68.7 Å². The number of hydrogen-bond acceptors (Lipinski definition) is 2. The minimum Gasteiger partial charge on any atom is -0.326 e. The van der Waals surface area contributed by atoms with Gasteiger partial charge in [0.25, 0.3) is 0 Å². The van der Waals surface area contributed by atoms with E-state index in [1.165, 1.54) is 45.2 Å². The summed E-state index contributed by atoms with van der Waals surface area (Å²) in [4.78, 5) is 2.59. The Bertz CT molecular complexity index is 134. The van der Waals surface area contributed by atoms with E-state index >= 15 is 0 Å². The van der Waals surface area contributed by atoms with Crippen molar-refractivity contribution in [1.82, 2.24) is 4.90 Å². The molecule has 2 nitrogen and oxygen atoms in total. The molecule has 0 aliphatic carbocycles. The third-order valence-electron chi connectivity index (χ3n) is 3.14. The van der Waals surface area contributed by atoms with Crippen molar-refractivity contribution in [3.8, 4) is 0 Å². The van der Waals surface area contributed by atoms with E-state index in [0.717, 1.165) is 6.04 Å². The highest BCUT2D eigenvalue weighted by molar-refractivity contribution is 4.89. The maximum atomic E-state index is 6.05. The fraction of sp³-hybridized carbons (Fsp3) is 1.00. The summed E-state index contributed by atoms with van der Waals surface area (Å²) < 4.78 is 0. The molecule has 11 heavy (non-hydrogen) atoms. The van der Waals surface area contributed by atoms with Crippen LogP contribution in [0, 0.1) is 0 Å². The molecule has 2 aliphatic rings. The van der Waals surface area contributed by atoms with Crippen molar-refractivity contribution in [2.45, 2.75) is 44.2 Å². The van der Waals surface area contributed by atoms with E-state index in [-0.39, 0.29) is 0 Å². The molecule has 2 fully saturated rings. The Morgan fingerprint density at radius 2 is 1.82 bits per heavy atom. The number of rotatable bonds is 0. The molecule has 2 saturated heterocycles. The van der Waals surface area contributed by atoms with Gasteiger partial charge in [-0.15, -0.1) is 0 Å². The maximum Gasteiger partial charge on any atom is 0.0247 e. The zero-order valence-corrected chi connectivity index (χ0v) is 7.13. The second kappa shape index (κ2) is 3.11. The molecule has 0 aromatic heterocycles. The van der Waals surface area contributed by atoms with Crippen LogP contribution in [0.15, 0.2) is 0 Å². The van der Waals surface area contributed by atoms with E-state index in [1.54, 1.807) is 0 Å². The van der Waals surface area contributed by atoms with Crippen molar-refractivity contribution in [2.75, 3.05) is 13.1 Å². The molecule has 2 aliphatic heterocycles. The topological polar surface area (TPSA) is 29.3 Å². The molecule has 0 bridgehead atoms. The molecule has 64 valence electrons. The van der Waals surface area contributed by atoms with Crippen molar-refractivity contribution in [2.24, 2.45) is 5.73 Å². The van der Waals surface area contributed by atoms with E-state index in [0.29, 0.717) is 6.04 Å². The van der Waals surface area contributed by atoms with Crippen LogP contribution in [0.5, 0.6) is 0 Å². The molecule has 2 rings (SSSR count). The Morgan fingerprint density at radius 1 is 1.00 bits per heavy atom. The Kier molecular flexibility index (Phi) is 2.14. The van der Waals surface area contributed by atoms with E-state index in [1.807, 2.05) is 0 Å². The third-order valence-corrected chi connectivity index (χ3v) is 3.14. The number of hydrogen-bond donors (Lipinski definition) is 1. The van der Waals surface area contributed by atoms with E-state index in [2.05, 4.69) is 4.90 Å². The highest BCUT2D eigenvalue weighted by Gasteiger charge is 2.30. The largest absolute Gasteiger partial charge is 0.326 e. The zero-order chi connectivity index (χ0) is 7.68. The lowest BCUT2D eigenvalue weighted by Crippen LogP contribution is -2.53. The average Bonchev–Trinajstić information content (AvgIpc) is 2.06. The van der Waals surface area contributed by atoms with Crippen LogP contribution in [0.3, 0.4) is 0 Å². The maximum absolute atomic E-state index is 6.05. The summed E-state index contributed by atoms with van der Waals surface area (Å²) >= 11 is 0. The predicted octanol–water partition coefficient (Wildman–Crippen LogP) is 0.962. The van der Waals surface area contributed by atoms with Gasteiger partial charge in [-0.2, -0.15) is 0 Å². The van der Waals surface area contributed by atoms with Crippen LogP contribution < -0.4 is 5.73 Å². The van der Waals surface area contributed by atoms with Crippen LogP contribution in [0.25, 0.3) is 0 Å². The smallest absolute Gasteiger partial charge is 0.0247 e. The van der Waals surface area contributed by atoms with Crippen molar-refractivity contribution in [1.29, 1.82) is 0 Å². The molecular formula is C9H18N2. The lowest BCUT2D eigenvalue weighted by Gasteiger charge is -2.42. The molecule has 0 radical (unpaired) electrons. The van der Waals surface area contributed by atoms with Gasteiger partial charge in [-0.05, 0) is 38.8 Å². The first-order valence-electron chi connectivity index (χ1n) is 4.87. The summed E-state index contributed by atoms with van der Waals surface area (Å²) in [5.41, 5.74) is 6.05. The normalized spacial score (nSPS) is 40.1. The molecule has 0 spiro atoms. The van der Waals surface area contributed by atoms with Crippen LogP contribution in [0.2, 0.25) is 0 Å². The Hall–Kier alpha value is -0.0800. The highest BCUT2D eigenvalue weighted by Crippen LogP contribution is 2.24. The summed E-state index contributed by atoms with van der Waals surface area (Å²) in [6, 6.07) is 1.21. The van der Waals surface area contributed by atoms with Gasteiger partial charge in [0.2, 0.25) is 0 Å². The molecule has 2 heteroatoms. The van der Waals surface area contributed by atoms with Gasteiger partial charge in [0.1, 0.15) is 0 Å².